The number of hydrogen-bond acceptors (Lipinski definition) is 2. The number of thioether (sulfide) groups is 1. The van der Waals surface area contributed by atoms with E-state index in [4.69, 9.17) is 0 Å². The first-order valence-electron chi connectivity index (χ1n) is 6.74. The van der Waals surface area contributed by atoms with E-state index in [2.05, 4.69) is 0 Å². The topological polar surface area (TPSA) is 20.2 Å². The number of rotatable bonds is 3. The summed E-state index contributed by atoms with van der Waals surface area (Å²) < 4.78 is 13.1. The van der Waals surface area contributed by atoms with Gasteiger partial charge < -0.3 is 5.11 Å². The van der Waals surface area contributed by atoms with E-state index in [-0.39, 0.29) is 5.82 Å². The van der Waals surface area contributed by atoms with E-state index in [9.17, 15) is 9.50 Å². The molecule has 0 amide bonds. The van der Waals surface area contributed by atoms with Gasteiger partial charge in [-0.05, 0) is 47.7 Å². The van der Waals surface area contributed by atoms with Crippen molar-refractivity contribution in [2.75, 3.05) is 0 Å². The Morgan fingerprint density at radius 3 is 2.52 bits per heavy atom. The summed E-state index contributed by atoms with van der Waals surface area (Å²) in [5.74, 6) is 0.880. The molecule has 0 atom stereocenters. The highest BCUT2D eigenvalue weighted by molar-refractivity contribution is 7.98. The molecule has 0 bridgehead atoms. The predicted molar refractivity (Wildman–Crippen MR) is 86.3 cm³/mol. The number of phenols is 1. The molecule has 0 aliphatic heterocycles. The quantitative estimate of drug-likeness (QED) is 0.663. The van der Waals surface area contributed by atoms with Gasteiger partial charge >= 0.3 is 0 Å². The van der Waals surface area contributed by atoms with Crippen LogP contribution in [0.1, 0.15) is 11.1 Å². The van der Waals surface area contributed by atoms with Crippen molar-refractivity contribution in [2.45, 2.75) is 17.6 Å². The van der Waals surface area contributed by atoms with Gasteiger partial charge in [-0.1, -0.05) is 30.3 Å². The van der Waals surface area contributed by atoms with E-state index < -0.39 is 0 Å². The lowest BCUT2D eigenvalue weighted by atomic mass is 10.1. The molecule has 0 aromatic heterocycles. The van der Waals surface area contributed by atoms with Gasteiger partial charge in [0.05, 0.1) is 0 Å². The molecule has 3 aromatic carbocycles. The van der Waals surface area contributed by atoms with Crippen molar-refractivity contribution in [2.24, 2.45) is 0 Å². The molecule has 0 heterocycles. The van der Waals surface area contributed by atoms with E-state index in [0.29, 0.717) is 5.75 Å². The van der Waals surface area contributed by atoms with Crippen LogP contribution in [-0.4, -0.2) is 5.11 Å². The molecule has 3 heteroatoms. The highest BCUT2D eigenvalue weighted by Crippen LogP contribution is 2.35. The minimum Gasteiger partial charge on any atom is -0.507 e. The molecule has 106 valence electrons. The Labute approximate surface area is 127 Å². The van der Waals surface area contributed by atoms with Crippen LogP contribution in [0.5, 0.6) is 5.75 Å². The first-order valence-corrected chi connectivity index (χ1v) is 7.72. The average Bonchev–Trinajstić information content (AvgIpc) is 2.48. The summed E-state index contributed by atoms with van der Waals surface area (Å²) in [5, 5.41) is 11.8. The van der Waals surface area contributed by atoms with Crippen molar-refractivity contribution in [3.63, 3.8) is 0 Å². The van der Waals surface area contributed by atoms with E-state index in [1.165, 1.54) is 6.07 Å². The molecule has 0 spiro atoms. The van der Waals surface area contributed by atoms with Gasteiger partial charge in [-0.15, -0.1) is 11.8 Å². The molecule has 0 fully saturated rings. The van der Waals surface area contributed by atoms with E-state index in [1.807, 2.05) is 43.3 Å². The Kier molecular flexibility index (Phi) is 3.84. The number of hydrogen-bond donors (Lipinski definition) is 1. The Balaban J connectivity index is 1.90. The summed E-state index contributed by atoms with van der Waals surface area (Å²) in [7, 11) is 0. The third-order valence-corrected chi connectivity index (χ3v) is 4.67. The first-order chi connectivity index (χ1) is 10.1. The van der Waals surface area contributed by atoms with Crippen LogP contribution in [0.25, 0.3) is 10.8 Å². The number of fused-ring (bicyclic) bond motifs is 1. The lowest BCUT2D eigenvalue weighted by Crippen LogP contribution is -1.88. The third kappa shape index (κ3) is 2.88. The number of aryl methyl sites for hydroxylation is 1. The summed E-state index contributed by atoms with van der Waals surface area (Å²) in [6.07, 6.45) is 0. The van der Waals surface area contributed by atoms with Crippen LogP contribution in [0.2, 0.25) is 0 Å². The predicted octanol–water partition coefficient (Wildman–Crippen LogP) is 5.29. The highest BCUT2D eigenvalue weighted by Gasteiger charge is 2.07. The van der Waals surface area contributed by atoms with Crippen LogP contribution in [0.15, 0.2) is 59.5 Å². The maximum Gasteiger partial charge on any atom is 0.123 e. The zero-order chi connectivity index (χ0) is 14.8. The maximum absolute atomic E-state index is 13.1. The van der Waals surface area contributed by atoms with Crippen LogP contribution >= 0.6 is 11.8 Å². The monoisotopic (exact) mass is 298 g/mol. The average molecular weight is 298 g/mol. The minimum atomic E-state index is -0.198. The van der Waals surface area contributed by atoms with Gasteiger partial charge in [-0.3, -0.25) is 0 Å². The molecule has 0 saturated heterocycles. The summed E-state index contributed by atoms with van der Waals surface area (Å²) >= 11 is 1.70. The smallest absolute Gasteiger partial charge is 0.123 e. The zero-order valence-electron chi connectivity index (χ0n) is 11.6. The normalized spacial score (nSPS) is 11.0. The Morgan fingerprint density at radius 2 is 1.76 bits per heavy atom. The fourth-order valence-electron chi connectivity index (χ4n) is 2.36. The van der Waals surface area contributed by atoms with Crippen LogP contribution in [0.3, 0.4) is 0 Å². The van der Waals surface area contributed by atoms with Gasteiger partial charge in [0.15, 0.2) is 0 Å². The third-order valence-electron chi connectivity index (χ3n) is 3.55. The standard InChI is InChI=1S/C18H15FOS/c1-12-10-14(19)7-6-13(12)11-21-18-9-8-17(20)15-4-2-3-5-16(15)18/h2-10,20H,11H2,1H3. The van der Waals surface area contributed by atoms with Gasteiger partial charge in [0.2, 0.25) is 0 Å². The molecule has 0 unspecified atom stereocenters. The van der Waals surface area contributed by atoms with Gasteiger partial charge in [-0.25, -0.2) is 4.39 Å². The Bertz CT molecular complexity index is 798. The van der Waals surface area contributed by atoms with E-state index >= 15 is 0 Å². The van der Waals surface area contributed by atoms with Crippen molar-refractivity contribution in [1.82, 2.24) is 0 Å². The molecule has 1 N–H and O–H groups in total. The van der Waals surface area contributed by atoms with E-state index in [1.54, 1.807) is 23.9 Å². The fraction of sp³-hybridized carbons (Fsp3) is 0.111. The zero-order valence-corrected chi connectivity index (χ0v) is 12.5. The van der Waals surface area contributed by atoms with Crippen molar-refractivity contribution in [3.05, 3.63) is 71.5 Å². The van der Waals surface area contributed by atoms with Crippen molar-refractivity contribution in [3.8, 4) is 5.75 Å². The SMILES string of the molecule is Cc1cc(F)ccc1CSc1ccc(O)c2ccccc12. The Hall–Kier alpha value is -2.00. The van der Waals surface area contributed by atoms with Crippen molar-refractivity contribution < 1.29 is 9.50 Å². The van der Waals surface area contributed by atoms with Crippen molar-refractivity contribution >= 4 is 22.5 Å². The Morgan fingerprint density at radius 1 is 1.00 bits per heavy atom. The van der Waals surface area contributed by atoms with E-state index in [0.717, 1.165) is 32.5 Å². The first kappa shape index (κ1) is 14.0. The minimum absolute atomic E-state index is 0.198. The number of benzene rings is 3. The van der Waals surface area contributed by atoms with Gasteiger partial charge in [0.25, 0.3) is 0 Å². The summed E-state index contributed by atoms with van der Waals surface area (Å²) in [6.45, 7) is 1.92. The van der Waals surface area contributed by atoms with Crippen LogP contribution in [0, 0.1) is 12.7 Å². The van der Waals surface area contributed by atoms with Gasteiger partial charge in [0, 0.05) is 16.0 Å². The van der Waals surface area contributed by atoms with Crippen LogP contribution in [-0.2, 0) is 5.75 Å². The summed E-state index contributed by atoms with van der Waals surface area (Å²) in [4.78, 5) is 1.12. The number of halogens is 1. The molecule has 21 heavy (non-hydrogen) atoms. The molecular formula is C18H15FOS. The molecule has 3 rings (SSSR count). The van der Waals surface area contributed by atoms with Gasteiger partial charge in [0.1, 0.15) is 11.6 Å². The second-order valence-electron chi connectivity index (χ2n) is 4.99. The lowest BCUT2D eigenvalue weighted by molar-refractivity contribution is 0.481. The lowest BCUT2D eigenvalue weighted by Gasteiger charge is -2.09. The summed E-state index contributed by atoms with van der Waals surface area (Å²) in [6, 6.07) is 16.4. The maximum atomic E-state index is 13.1. The molecular weight excluding hydrogens is 283 g/mol. The molecule has 0 aliphatic rings. The molecule has 3 aromatic rings. The second kappa shape index (κ2) is 5.78. The van der Waals surface area contributed by atoms with Gasteiger partial charge in [-0.2, -0.15) is 0 Å². The molecule has 1 nitrogen and oxygen atoms in total. The second-order valence-corrected chi connectivity index (χ2v) is 6.01. The fourth-order valence-corrected chi connectivity index (χ4v) is 3.49. The number of phenolic OH excluding ortho intramolecular Hbond substituents is 1. The van der Waals surface area contributed by atoms with Crippen LogP contribution in [0.4, 0.5) is 4.39 Å². The molecule has 0 radical (unpaired) electrons. The molecule has 0 aliphatic carbocycles. The van der Waals surface area contributed by atoms with Crippen molar-refractivity contribution in [1.29, 1.82) is 0 Å². The largest absolute Gasteiger partial charge is 0.507 e. The molecule has 0 saturated carbocycles. The number of aromatic hydroxyl groups is 1. The highest BCUT2D eigenvalue weighted by atomic mass is 32.2. The summed E-state index contributed by atoms with van der Waals surface area (Å²) in [5.41, 5.74) is 2.09. The van der Waals surface area contributed by atoms with Crippen LogP contribution < -0.4 is 0 Å².